The number of benzene rings is 2. The minimum absolute atomic E-state index is 0.329. The van der Waals surface area contributed by atoms with E-state index in [0.717, 1.165) is 5.56 Å². The number of hydrogen-bond donors (Lipinski definition) is 3. The van der Waals surface area contributed by atoms with Gasteiger partial charge in [0, 0.05) is 12.1 Å². The molecule has 3 rings (SSSR count). The van der Waals surface area contributed by atoms with Crippen LogP contribution in [0, 0.1) is 11.8 Å². The maximum Gasteiger partial charge on any atom is 0.307 e. The van der Waals surface area contributed by atoms with Crippen molar-refractivity contribution in [1.82, 2.24) is 5.32 Å². The molecular weight excluding hydrogens is 344 g/mol. The Kier molecular flexibility index (Phi) is 5.86. The number of carboxylic acid groups (broad SMARTS) is 1. The van der Waals surface area contributed by atoms with Gasteiger partial charge in [0.2, 0.25) is 11.8 Å². The van der Waals surface area contributed by atoms with E-state index in [0.29, 0.717) is 24.9 Å². The highest BCUT2D eigenvalue weighted by Gasteiger charge is 2.42. The van der Waals surface area contributed by atoms with E-state index in [2.05, 4.69) is 10.6 Å². The molecule has 0 bridgehead atoms. The first-order valence-electron chi connectivity index (χ1n) is 8.97. The lowest BCUT2D eigenvalue weighted by molar-refractivity contribution is -0.153. The Bertz CT molecular complexity index is 807. The largest absolute Gasteiger partial charge is 0.481 e. The molecule has 0 saturated heterocycles. The first-order valence-corrected chi connectivity index (χ1v) is 8.97. The summed E-state index contributed by atoms with van der Waals surface area (Å²) in [6, 6.07) is 17.6. The molecule has 0 radical (unpaired) electrons. The zero-order chi connectivity index (χ0) is 19.2. The zero-order valence-corrected chi connectivity index (χ0v) is 14.8. The predicted octanol–water partition coefficient (Wildman–Crippen LogP) is 2.46. The molecule has 6 nitrogen and oxygen atoms in total. The van der Waals surface area contributed by atoms with Gasteiger partial charge in [-0.2, -0.15) is 0 Å². The molecule has 3 atom stereocenters. The van der Waals surface area contributed by atoms with Crippen LogP contribution in [0.15, 0.2) is 60.7 Å². The van der Waals surface area contributed by atoms with Crippen molar-refractivity contribution in [2.45, 2.75) is 25.3 Å². The van der Waals surface area contributed by atoms with Crippen LogP contribution in [0.2, 0.25) is 0 Å². The maximum atomic E-state index is 12.8. The maximum absolute atomic E-state index is 12.8. The lowest BCUT2D eigenvalue weighted by atomic mass is 9.73. The summed E-state index contributed by atoms with van der Waals surface area (Å²) in [7, 11) is 0. The van der Waals surface area contributed by atoms with Crippen molar-refractivity contribution in [2.24, 2.45) is 11.8 Å². The smallest absolute Gasteiger partial charge is 0.307 e. The van der Waals surface area contributed by atoms with Crippen molar-refractivity contribution in [2.75, 3.05) is 5.32 Å². The van der Waals surface area contributed by atoms with Crippen molar-refractivity contribution >= 4 is 23.5 Å². The molecule has 27 heavy (non-hydrogen) atoms. The second-order valence-electron chi connectivity index (χ2n) is 6.73. The van der Waals surface area contributed by atoms with Gasteiger partial charge in [0.1, 0.15) is 6.04 Å². The monoisotopic (exact) mass is 366 g/mol. The van der Waals surface area contributed by atoms with E-state index < -0.39 is 23.8 Å². The number of hydrogen-bond acceptors (Lipinski definition) is 3. The summed E-state index contributed by atoms with van der Waals surface area (Å²) in [6.07, 6.45) is 1.35. The lowest BCUT2D eigenvalue weighted by Crippen LogP contribution is -2.51. The summed E-state index contributed by atoms with van der Waals surface area (Å²) in [6.45, 7) is 0. The third kappa shape index (κ3) is 4.73. The average Bonchev–Trinajstić information content (AvgIpc) is 2.61. The van der Waals surface area contributed by atoms with Crippen LogP contribution in [0.4, 0.5) is 5.69 Å². The normalized spacial score (nSPS) is 19.4. The number of carbonyl (C=O) groups excluding carboxylic acids is 2. The fraction of sp³-hybridized carbons (Fsp3) is 0.286. The highest BCUT2D eigenvalue weighted by molar-refractivity contribution is 5.98. The van der Waals surface area contributed by atoms with Crippen LogP contribution < -0.4 is 10.6 Å². The number of aliphatic carboxylic acids is 1. The fourth-order valence-corrected chi connectivity index (χ4v) is 3.20. The molecule has 1 aliphatic rings. The third-order valence-electron chi connectivity index (χ3n) is 4.89. The first kappa shape index (κ1) is 18.6. The molecule has 3 N–H and O–H groups in total. The van der Waals surface area contributed by atoms with E-state index >= 15 is 0 Å². The third-order valence-corrected chi connectivity index (χ3v) is 4.89. The van der Waals surface area contributed by atoms with Crippen molar-refractivity contribution < 1.29 is 19.5 Å². The Morgan fingerprint density at radius 1 is 0.926 bits per heavy atom. The van der Waals surface area contributed by atoms with Crippen molar-refractivity contribution in [3.63, 3.8) is 0 Å². The van der Waals surface area contributed by atoms with E-state index in [1.165, 1.54) is 0 Å². The van der Waals surface area contributed by atoms with E-state index in [1.54, 1.807) is 12.1 Å². The van der Waals surface area contributed by atoms with Gasteiger partial charge in [0.25, 0.3) is 0 Å². The number of nitrogens with one attached hydrogen (secondary N) is 2. The molecule has 2 aromatic rings. The Morgan fingerprint density at radius 2 is 1.52 bits per heavy atom. The highest BCUT2D eigenvalue weighted by atomic mass is 16.4. The average molecular weight is 366 g/mol. The highest BCUT2D eigenvalue weighted by Crippen LogP contribution is 2.34. The molecule has 0 heterocycles. The molecule has 0 aliphatic heterocycles. The van der Waals surface area contributed by atoms with Crippen LogP contribution in [-0.2, 0) is 20.8 Å². The molecule has 1 fully saturated rings. The van der Waals surface area contributed by atoms with Crippen LogP contribution in [0.25, 0.3) is 0 Å². The Morgan fingerprint density at radius 3 is 2.07 bits per heavy atom. The van der Waals surface area contributed by atoms with Gasteiger partial charge in [-0.25, -0.2) is 0 Å². The van der Waals surface area contributed by atoms with Gasteiger partial charge < -0.3 is 15.7 Å². The number of para-hydroxylation sites is 1. The second kappa shape index (κ2) is 8.49. The van der Waals surface area contributed by atoms with E-state index in [-0.39, 0.29) is 11.8 Å². The Balaban J connectivity index is 1.72. The van der Waals surface area contributed by atoms with Crippen LogP contribution in [0.3, 0.4) is 0 Å². The standard InChI is InChI=1S/C21H22N2O4/c24-19(16-11-12-17(16)21(26)27)23-18(13-14-7-3-1-4-8-14)20(25)22-15-9-5-2-6-10-15/h1-10,16-18H,11-13H2,(H,22,25)(H,23,24)(H,26,27). The number of carboxylic acids is 1. The molecule has 2 amide bonds. The molecule has 1 aliphatic carbocycles. The van der Waals surface area contributed by atoms with Crippen molar-refractivity contribution in [1.29, 1.82) is 0 Å². The predicted molar refractivity (Wildman–Crippen MR) is 101 cm³/mol. The topological polar surface area (TPSA) is 95.5 Å². The van der Waals surface area contributed by atoms with Gasteiger partial charge in [0.15, 0.2) is 0 Å². The van der Waals surface area contributed by atoms with Gasteiger partial charge in [0.05, 0.1) is 11.8 Å². The molecule has 140 valence electrons. The van der Waals surface area contributed by atoms with Gasteiger partial charge in [-0.15, -0.1) is 0 Å². The fourth-order valence-electron chi connectivity index (χ4n) is 3.20. The summed E-state index contributed by atoms with van der Waals surface area (Å²) < 4.78 is 0. The molecule has 1 saturated carbocycles. The number of carbonyl (C=O) groups is 3. The Hall–Kier alpha value is -3.15. The van der Waals surface area contributed by atoms with Crippen LogP contribution in [0.1, 0.15) is 18.4 Å². The molecule has 2 aromatic carbocycles. The van der Waals surface area contributed by atoms with Crippen LogP contribution in [0.5, 0.6) is 0 Å². The Labute approximate surface area is 157 Å². The summed E-state index contributed by atoms with van der Waals surface area (Å²) in [5, 5.41) is 14.7. The summed E-state index contributed by atoms with van der Waals surface area (Å²) >= 11 is 0. The van der Waals surface area contributed by atoms with E-state index in [1.807, 2.05) is 48.5 Å². The lowest BCUT2D eigenvalue weighted by Gasteiger charge is -2.33. The number of rotatable bonds is 7. The second-order valence-corrected chi connectivity index (χ2v) is 6.73. The van der Waals surface area contributed by atoms with Crippen LogP contribution >= 0.6 is 0 Å². The molecule has 0 aromatic heterocycles. The molecule has 0 spiro atoms. The molecule has 3 unspecified atom stereocenters. The summed E-state index contributed by atoms with van der Waals surface area (Å²) in [4.78, 5) is 36.5. The quantitative estimate of drug-likeness (QED) is 0.701. The molecular formula is C21H22N2O4. The minimum Gasteiger partial charge on any atom is -0.481 e. The molecule has 6 heteroatoms. The minimum atomic E-state index is -0.963. The van der Waals surface area contributed by atoms with E-state index in [4.69, 9.17) is 5.11 Å². The van der Waals surface area contributed by atoms with Gasteiger partial charge in [-0.1, -0.05) is 48.5 Å². The van der Waals surface area contributed by atoms with Gasteiger partial charge >= 0.3 is 5.97 Å². The van der Waals surface area contributed by atoms with E-state index in [9.17, 15) is 14.4 Å². The van der Waals surface area contributed by atoms with Crippen molar-refractivity contribution in [3.05, 3.63) is 66.2 Å². The number of anilines is 1. The first-order chi connectivity index (χ1) is 13.0. The summed E-state index contributed by atoms with van der Waals surface area (Å²) in [5.74, 6) is -2.91. The van der Waals surface area contributed by atoms with Gasteiger partial charge in [-0.3, -0.25) is 14.4 Å². The van der Waals surface area contributed by atoms with Crippen LogP contribution in [-0.4, -0.2) is 28.9 Å². The summed E-state index contributed by atoms with van der Waals surface area (Å²) in [5.41, 5.74) is 1.55. The SMILES string of the molecule is O=C(Nc1ccccc1)C(Cc1ccccc1)NC(=O)C1CCC1C(=O)O. The number of amides is 2. The van der Waals surface area contributed by atoms with Gasteiger partial charge in [-0.05, 0) is 30.5 Å². The van der Waals surface area contributed by atoms with Crippen molar-refractivity contribution in [3.8, 4) is 0 Å². The zero-order valence-electron chi connectivity index (χ0n) is 14.8.